The molecule has 1 aliphatic heterocycles. The molecule has 0 saturated carbocycles. The third-order valence-corrected chi connectivity index (χ3v) is 3.60. The van der Waals surface area contributed by atoms with Crippen molar-refractivity contribution in [3.63, 3.8) is 0 Å². The molecule has 0 aromatic heterocycles. The lowest BCUT2D eigenvalue weighted by molar-refractivity contribution is -0.119. The third-order valence-electron chi connectivity index (χ3n) is 3.60. The number of hydrogen-bond donors (Lipinski definition) is 2. The van der Waals surface area contributed by atoms with E-state index in [1.54, 1.807) is 0 Å². The second-order valence-electron chi connectivity index (χ2n) is 4.96. The van der Waals surface area contributed by atoms with Gasteiger partial charge in [0.25, 0.3) is 0 Å². The van der Waals surface area contributed by atoms with Crippen LogP contribution in [0.4, 0.5) is 5.69 Å². The minimum absolute atomic E-state index is 0.111. The molecule has 2 rings (SSSR count). The van der Waals surface area contributed by atoms with Crippen molar-refractivity contribution < 1.29 is 4.79 Å². The third kappa shape index (κ3) is 3.26. The molecule has 0 aliphatic carbocycles. The Morgan fingerprint density at radius 2 is 2.21 bits per heavy atom. The van der Waals surface area contributed by atoms with E-state index in [-0.39, 0.29) is 5.91 Å². The molecule has 1 unspecified atom stereocenters. The van der Waals surface area contributed by atoms with Crippen molar-refractivity contribution in [2.24, 2.45) is 0 Å². The van der Waals surface area contributed by atoms with Crippen LogP contribution in [0.2, 0.25) is 0 Å². The topological polar surface area (TPSA) is 44.4 Å². The van der Waals surface area contributed by atoms with Crippen LogP contribution in [-0.2, 0) is 4.79 Å². The van der Waals surface area contributed by atoms with Gasteiger partial charge in [-0.1, -0.05) is 25.1 Å². The molecule has 1 heterocycles. The summed E-state index contributed by atoms with van der Waals surface area (Å²) in [5.74, 6) is 0.111. The van der Waals surface area contributed by atoms with Gasteiger partial charge in [0.2, 0.25) is 5.91 Å². The van der Waals surface area contributed by atoms with Gasteiger partial charge in [0.1, 0.15) is 0 Å². The van der Waals surface area contributed by atoms with Crippen LogP contribution in [0.25, 0.3) is 0 Å². The molecule has 104 valence electrons. The average Bonchev–Trinajstić information content (AvgIpc) is 2.45. The van der Waals surface area contributed by atoms with Gasteiger partial charge in [-0.25, -0.2) is 0 Å². The molecule has 4 heteroatoms. The number of nitrogens with zero attached hydrogens (tertiary/aromatic N) is 1. The van der Waals surface area contributed by atoms with Gasteiger partial charge < -0.3 is 15.5 Å². The van der Waals surface area contributed by atoms with Crippen molar-refractivity contribution in [3.8, 4) is 0 Å². The SMILES string of the molecule is CCCNC(=O)CN1CCC(NC)c2ccccc21. The van der Waals surface area contributed by atoms with E-state index >= 15 is 0 Å². The summed E-state index contributed by atoms with van der Waals surface area (Å²) in [6, 6.07) is 8.74. The Balaban J connectivity index is 2.09. The van der Waals surface area contributed by atoms with Gasteiger partial charge in [-0.05, 0) is 31.5 Å². The van der Waals surface area contributed by atoms with Gasteiger partial charge in [0, 0.05) is 24.8 Å². The van der Waals surface area contributed by atoms with Crippen LogP contribution in [0.1, 0.15) is 31.4 Å². The van der Waals surface area contributed by atoms with Crippen molar-refractivity contribution >= 4 is 11.6 Å². The van der Waals surface area contributed by atoms with Crippen LogP contribution in [-0.4, -0.2) is 32.6 Å². The van der Waals surface area contributed by atoms with Crippen LogP contribution in [0.15, 0.2) is 24.3 Å². The van der Waals surface area contributed by atoms with Crippen molar-refractivity contribution in [3.05, 3.63) is 29.8 Å². The van der Waals surface area contributed by atoms with Crippen molar-refractivity contribution in [2.75, 3.05) is 31.6 Å². The number of carbonyl (C=O) groups is 1. The van der Waals surface area contributed by atoms with Gasteiger partial charge in [0.15, 0.2) is 0 Å². The van der Waals surface area contributed by atoms with Gasteiger partial charge in [-0.15, -0.1) is 0 Å². The number of amides is 1. The number of fused-ring (bicyclic) bond motifs is 1. The number of carbonyl (C=O) groups excluding carboxylic acids is 1. The fraction of sp³-hybridized carbons (Fsp3) is 0.533. The number of hydrogen-bond acceptors (Lipinski definition) is 3. The first-order chi connectivity index (χ1) is 9.26. The second-order valence-corrected chi connectivity index (χ2v) is 4.96. The molecule has 0 saturated heterocycles. The maximum atomic E-state index is 11.9. The Morgan fingerprint density at radius 3 is 2.95 bits per heavy atom. The predicted molar refractivity (Wildman–Crippen MR) is 78.4 cm³/mol. The lowest BCUT2D eigenvalue weighted by Gasteiger charge is -2.35. The molecule has 1 atom stereocenters. The highest BCUT2D eigenvalue weighted by molar-refractivity contribution is 5.82. The van der Waals surface area contributed by atoms with Crippen LogP contribution >= 0.6 is 0 Å². The molecule has 4 nitrogen and oxygen atoms in total. The van der Waals surface area contributed by atoms with Crippen LogP contribution in [0.3, 0.4) is 0 Å². The minimum Gasteiger partial charge on any atom is -0.362 e. The van der Waals surface area contributed by atoms with Crippen LogP contribution in [0.5, 0.6) is 0 Å². The normalized spacial score (nSPS) is 18.0. The Morgan fingerprint density at radius 1 is 1.42 bits per heavy atom. The molecular formula is C15H23N3O. The quantitative estimate of drug-likeness (QED) is 0.847. The first-order valence-corrected chi connectivity index (χ1v) is 7.04. The standard InChI is InChI=1S/C15H23N3O/c1-3-9-17-15(19)11-18-10-8-13(16-2)12-6-4-5-7-14(12)18/h4-7,13,16H,3,8-11H2,1-2H3,(H,17,19). The molecule has 19 heavy (non-hydrogen) atoms. The molecular weight excluding hydrogens is 238 g/mol. The summed E-state index contributed by atoms with van der Waals surface area (Å²) in [6.45, 7) is 4.19. The van der Waals surface area contributed by atoms with E-state index in [0.717, 1.165) is 25.9 Å². The Labute approximate surface area is 115 Å². The highest BCUT2D eigenvalue weighted by Crippen LogP contribution is 2.32. The summed E-state index contributed by atoms with van der Waals surface area (Å²) in [5, 5.41) is 6.28. The highest BCUT2D eigenvalue weighted by Gasteiger charge is 2.24. The lowest BCUT2D eigenvalue weighted by Crippen LogP contribution is -2.42. The molecule has 1 aromatic rings. The smallest absolute Gasteiger partial charge is 0.239 e. The summed E-state index contributed by atoms with van der Waals surface area (Å²) in [7, 11) is 1.99. The number of para-hydroxylation sites is 1. The molecule has 1 amide bonds. The van der Waals surface area contributed by atoms with Gasteiger partial charge in [-0.2, -0.15) is 0 Å². The zero-order chi connectivity index (χ0) is 13.7. The van der Waals surface area contributed by atoms with Crippen molar-refractivity contribution in [1.82, 2.24) is 10.6 Å². The Hall–Kier alpha value is -1.55. The monoisotopic (exact) mass is 261 g/mol. The average molecular weight is 261 g/mol. The highest BCUT2D eigenvalue weighted by atomic mass is 16.2. The summed E-state index contributed by atoms with van der Waals surface area (Å²) in [6.07, 6.45) is 2.01. The maximum absolute atomic E-state index is 11.9. The maximum Gasteiger partial charge on any atom is 0.239 e. The fourth-order valence-corrected chi connectivity index (χ4v) is 2.59. The molecule has 0 fully saturated rings. The Kier molecular flexibility index (Phi) is 4.80. The molecule has 0 spiro atoms. The predicted octanol–water partition coefficient (Wildman–Crippen LogP) is 1.68. The van der Waals surface area contributed by atoms with E-state index in [1.165, 1.54) is 11.3 Å². The van der Waals surface area contributed by atoms with Crippen molar-refractivity contribution in [2.45, 2.75) is 25.8 Å². The first kappa shape index (κ1) is 13.9. The van der Waals surface area contributed by atoms with E-state index in [9.17, 15) is 4.79 Å². The van der Waals surface area contributed by atoms with E-state index in [2.05, 4.69) is 40.7 Å². The van der Waals surface area contributed by atoms with Crippen LogP contribution in [0, 0.1) is 0 Å². The fourth-order valence-electron chi connectivity index (χ4n) is 2.59. The molecule has 0 radical (unpaired) electrons. The van der Waals surface area contributed by atoms with E-state index in [1.807, 2.05) is 13.1 Å². The zero-order valence-electron chi connectivity index (χ0n) is 11.8. The first-order valence-electron chi connectivity index (χ1n) is 7.04. The number of anilines is 1. The summed E-state index contributed by atoms with van der Waals surface area (Å²) in [5.41, 5.74) is 2.47. The van der Waals surface area contributed by atoms with Gasteiger partial charge in [0.05, 0.1) is 6.54 Å². The molecule has 1 aromatic carbocycles. The summed E-state index contributed by atoms with van der Waals surface area (Å²) < 4.78 is 0. The van der Waals surface area contributed by atoms with Gasteiger partial charge in [-0.3, -0.25) is 4.79 Å². The van der Waals surface area contributed by atoms with E-state index in [0.29, 0.717) is 12.6 Å². The number of rotatable bonds is 5. The summed E-state index contributed by atoms with van der Waals surface area (Å²) in [4.78, 5) is 14.0. The molecule has 1 aliphatic rings. The van der Waals surface area contributed by atoms with Gasteiger partial charge >= 0.3 is 0 Å². The van der Waals surface area contributed by atoms with E-state index < -0.39 is 0 Å². The molecule has 2 N–H and O–H groups in total. The number of benzene rings is 1. The van der Waals surface area contributed by atoms with Crippen molar-refractivity contribution in [1.29, 1.82) is 0 Å². The van der Waals surface area contributed by atoms with Crippen LogP contribution < -0.4 is 15.5 Å². The van der Waals surface area contributed by atoms with E-state index in [4.69, 9.17) is 0 Å². The second kappa shape index (κ2) is 6.57. The Bertz CT molecular complexity index is 433. The minimum atomic E-state index is 0.111. The summed E-state index contributed by atoms with van der Waals surface area (Å²) >= 11 is 0. The zero-order valence-corrected chi connectivity index (χ0v) is 11.8. The number of nitrogens with one attached hydrogen (secondary N) is 2. The largest absolute Gasteiger partial charge is 0.362 e. The molecule has 0 bridgehead atoms. The lowest BCUT2D eigenvalue weighted by atomic mass is 9.96.